The van der Waals surface area contributed by atoms with Crippen molar-refractivity contribution in [2.24, 2.45) is 0 Å². The summed E-state index contributed by atoms with van der Waals surface area (Å²) in [5.74, 6) is 0. The van der Waals surface area contributed by atoms with E-state index in [0.29, 0.717) is 0 Å². The van der Waals surface area contributed by atoms with Gasteiger partial charge in [0.15, 0.2) is 0 Å². The Bertz CT molecular complexity index is 491. The summed E-state index contributed by atoms with van der Waals surface area (Å²) in [6, 6.07) is 5.94. The number of benzene rings is 1. The molecule has 0 aliphatic rings. The van der Waals surface area contributed by atoms with Gasteiger partial charge in [0.05, 0.1) is 12.3 Å². The summed E-state index contributed by atoms with van der Waals surface area (Å²) in [6.07, 6.45) is 0. The molecule has 0 atom stereocenters. The normalized spacial score (nSPS) is 12.1. The molecule has 0 heterocycles. The average Bonchev–Trinajstić information content (AvgIpc) is 2.27. The van der Waals surface area contributed by atoms with E-state index in [0.717, 1.165) is 31.8 Å². The maximum Gasteiger partial charge on any atom is 0.0840 e. The third-order valence-electron chi connectivity index (χ3n) is 2.82. The first-order chi connectivity index (χ1) is 8.85. The van der Waals surface area contributed by atoms with Gasteiger partial charge in [-0.2, -0.15) is 0 Å². The Balaban J connectivity index is 3.03. The third kappa shape index (κ3) is 4.60. The number of aliphatic hydroxyl groups is 1. The van der Waals surface area contributed by atoms with Crippen LogP contribution in [0.15, 0.2) is 46.0 Å². The Labute approximate surface area is 124 Å². The molecule has 0 saturated heterocycles. The molecule has 104 valence electrons. The molecule has 1 rings (SSSR count). The minimum absolute atomic E-state index is 0.0122. The first-order valence-electron chi connectivity index (χ1n) is 6.00. The van der Waals surface area contributed by atoms with Gasteiger partial charge in [-0.1, -0.05) is 29.9 Å². The molecular weight excluding hydrogens is 278 g/mol. The second-order valence-corrected chi connectivity index (χ2v) is 6.25. The number of thioether (sulfide) groups is 1. The minimum Gasteiger partial charge on any atom is -0.390 e. The molecule has 0 spiro atoms. The zero-order chi connectivity index (χ0) is 14.6. The van der Waals surface area contributed by atoms with Crippen LogP contribution in [0.5, 0.6) is 0 Å². The summed E-state index contributed by atoms with van der Waals surface area (Å²) in [4.78, 5) is 4.01. The van der Waals surface area contributed by atoms with E-state index in [9.17, 15) is 5.11 Å². The Morgan fingerprint density at radius 1 is 1.37 bits per heavy atom. The maximum absolute atomic E-state index is 9.52. The van der Waals surface area contributed by atoms with Gasteiger partial charge >= 0.3 is 0 Å². The fourth-order valence-electron chi connectivity index (χ4n) is 1.68. The lowest BCUT2D eigenvalue weighted by Crippen LogP contribution is -2.18. The molecule has 1 N–H and O–H groups in total. The molecule has 1 aromatic carbocycles. The van der Waals surface area contributed by atoms with Crippen LogP contribution in [0.1, 0.15) is 19.4 Å². The smallest absolute Gasteiger partial charge is 0.0840 e. The molecule has 0 fully saturated rings. The monoisotopic (exact) mass is 297 g/mol. The van der Waals surface area contributed by atoms with E-state index in [1.54, 1.807) is 11.8 Å². The second-order valence-electron chi connectivity index (χ2n) is 4.52. The lowest BCUT2D eigenvalue weighted by atomic mass is 10.2. The van der Waals surface area contributed by atoms with Crippen molar-refractivity contribution in [3.8, 4) is 0 Å². The van der Waals surface area contributed by atoms with Gasteiger partial charge in [-0.25, -0.2) is 0 Å². The van der Waals surface area contributed by atoms with Gasteiger partial charge in [0.25, 0.3) is 0 Å². The number of hydrogen-bond donors (Lipinski definition) is 1. The van der Waals surface area contributed by atoms with E-state index in [2.05, 4.69) is 12.6 Å². The number of aliphatic hydroxyl groups excluding tert-OH is 1. The summed E-state index contributed by atoms with van der Waals surface area (Å²) in [7, 11) is 1.90. The van der Waals surface area contributed by atoms with Crippen LogP contribution in [0.2, 0.25) is 5.02 Å². The molecule has 0 radical (unpaired) electrons. The summed E-state index contributed by atoms with van der Waals surface area (Å²) in [5, 5.41) is 10.3. The average molecular weight is 298 g/mol. The molecule has 4 heteroatoms. The van der Waals surface area contributed by atoms with Crippen molar-refractivity contribution in [3.05, 3.63) is 51.7 Å². The lowest BCUT2D eigenvalue weighted by molar-refractivity contribution is 0.292. The fourth-order valence-corrected chi connectivity index (χ4v) is 3.14. The highest BCUT2D eigenvalue weighted by Crippen LogP contribution is 2.32. The Morgan fingerprint density at radius 2 is 2.00 bits per heavy atom. The van der Waals surface area contributed by atoms with Crippen LogP contribution in [0.4, 0.5) is 0 Å². The van der Waals surface area contributed by atoms with Crippen molar-refractivity contribution in [3.63, 3.8) is 0 Å². The first kappa shape index (κ1) is 16.2. The molecule has 19 heavy (non-hydrogen) atoms. The van der Waals surface area contributed by atoms with Crippen LogP contribution in [0.3, 0.4) is 0 Å². The van der Waals surface area contributed by atoms with Gasteiger partial charge in [0.2, 0.25) is 0 Å². The quantitative estimate of drug-likeness (QED) is 0.813. The molecule has 0 aromatic heterocycles. The lowest BCUT2D eigenvalue weighted by Gasteiger charge is -2.23. The number of likely N-dealkylation sites (N-methyl/N-ethyl adjacent to an activating group) is 1. The molecule has 0 amide bonds. The zero-order valence-corrected chi connectivity index (χ0v) is 13.4. The zero-order valence-electron chi connectivity index (χ0n) is 11.8. The Kier molecular flexibility index (Phi) is 5.98. The molecule has 0 aliphatic carbocycles. The van der Waals surface area contributed by atoms with Gasteiger partial charge in [0.1, 0.15) is 0 Å². The van der Waals surface area contributed by atoms with Crippen molar-refractivity contribution in [1.82, 2.24) is 4.90 Å². The molecule has 1 aromatic rings. The summed E-state index contributed by atoms with van der Waals surface area (Å²) in [6.45, 7) is 9.80. The predicted octanol–water partition coefficient (Wildman–Crippen LogP) is 4.43. The van der Waals surface area contributed by atoms with Crippen molar-refractivity contribution in [1.29, 1.82) is 0 Å². The van der Waals surface area contributed by atoms with Gasteiger partial charge in [-0.15, -0.1) is 0 Å². The fraction of sp³-hybridized carbons (Fsp3) is 0.333. The van der Waals surface area contributed by atoms with Gasteiger partial charge in [-0.3, -0.25) is 0 Å². The highest BCUT2D eigenvalue weighted by atomic mass is 35.5. The minimum atomic E-state index is -0.0122. The largest absolute Gasteiger partial charge is 0.390 e. The van der Waals surface area contributed by atoms with Crippen LogP contribution in [-0.4, -0.2) is 23.7 Å². The number of hydrogen-bond acceptors (Lipinski definition) is 3. The van der Waals surface area contributed by atoms with E-state index >= 15 is 0 Å². The van der Waals surface area contributed by atoms with E-state index in [1.807, 2.05) is 44.9 Å². The molecular formula is C15H20ClNOS. The van der Waals surface area contributed by atoms with Crippen molar-refractivity contribution < 1.29 is 5.11 Å². The van der Waals surface area contributed by atoms with Gasteiger partial charge in [-0.05, 0) is 44.5 Å². The maximum atomic E-state index is 9.52. The third-order valence-corrected chi connectivity index (χ3v) is 4.05. The first-order valence-corrected chi connectivity index (χ1v) is 7.19. The van der Waals surface area contributed by atoms with Crippen molar-refractivity contribution >= 4 is 23.4 Å². The SMILES string of the molecule is C=C(C)N(C)/C(CO)=C(\C)Sc1cc(C)cc(Cl)c1. The van der Waals surface area contributed by atoms with Crippen molar-refractivity contribution in [2.45, 2.75) is 25.7 Å². The van der Waals surface area contributed by atoms with Gasteiger partial charge < -0.3 is 10.0 Å². The standard InChI is InChI=1S/C15H20ClNOS/c1-10(2)17(5)15(9-18)12(4)19-14-7-11(3)6-13(16)8-14/h6-8,18H,1,9H2,2-5H3/b15-12+. The molecule has 0 aliphatic heterocycles. The molecule has 0 bridgehead atoms. The highest BCUT2D eigenvalue weighted by molar-refractivity contribution is 8.03. The van der Waals surface area contributed by atoms with Crippen LogP contribution in [0.25, 0.3) is 0 Å². The number of nitrogens with zero attached hydrogens (tertiary/aromatic N) is 1. The molecule has 2 nitrogen and oxygen atoms in total. The topological polar surface area (TPSA) is 23.5 Å². The number of allylic oxidation sites excluding steroid dienone is 2. The highest BCUT2D eigenvalue weighted by Gasteiger charge is 2.10. The number of halogens is 1. The van der Waals surface area contributed by atoms with Crippen LogP contribution in [0, 0.1) is 6.92 Å². The second kappa shape index (κ2) is 7.04. The predicted molar refractivity (Wildman–Crippen MR) is 84.4 cm³/mol. The molecule has 0 saturated carbocycles. The van der Waals surface area contributed by atoms with Crippen molar-refractivity contribution in [2.75, 3.05) is 13.7 Å². The summed E-state index contributed by atoms with van der Waals surface area (Å²) < 4.78 is 0. The Morgan fingerprint density at radius 3 is 2.47 bits per heavy atom. The van der Waals surface area contributed by atoms with E-state index in [4.69, 9.17) is 11.6 Å². The van der Waals surface area contributed by atoms with E-state index in [-0.39, 0.29) is 6.61 Å². The summed E-state index contributed by atoms with van der Waals surface area (Å²) in [5.41, 5.74) is 2.88. The van der Waals surface area contributed by atoms with Gasteiger partial charge in [0, 0.05) is 27.6 Å². The molecule has 0 unspecified atom stereocenters. The number of rotatable bonds is 5. The van der Waals surface area contributed by atoms with Crippen LogP contribution < -0.4 is 0 Å². The van der Waals surface area contributed by atoms with Crippen LogP contribution in [-0.2, 0) is 0 Å². The number of aryl methyl sites for hydroxylation is 1. The van der Waals surface area contributed by atoms with E-state index < -0.39 is 0 Å². The Hall–Kier alpha value is -0.900. The van der Waals surface area contributed by atoms with E-state index in [1.165, 1.54) is 0 Å². The van der Waals surface area contributed by atoms with Crippen LogP contribution >= 0.6 is 23.4 Å². The summed E-state index contributed by atoms with van der Waals surface area (Å²) >= 11 is 7.66.